The Labute approximate surface area is 114 Å². The predicted octanol–water partition coefficient (Wildman–Crippen LogP) is 0.693. The van der Waals surface area contributed by atoms with Crippen LogP contribution in [-0.4, -0.2) is 60.4 Å². The number of carboxylic acid groups (broad SMARTS) is 1. The van der Waals surface area contributed by atoms with E-state index in [9.17, 15) is 9.90 Å². The van der Waals surface area contributed by atoms with E-state index in [1.54, 1.807) is 0 Å². The third-order valence-corrected chi connectivity index (χ3v) is 4.72. The molecule has 0 amide bonds. The number of nitrogens with zero attached hydrogens (tertiary/aromatic N) is 1. The Kier molecular flexibility index (Phi) is 3.53. The number of likely N-dealkylation sites (N-methyl/N-ethyl adjacent to an activating group) is 1. The van der Waals surface area contributed by atoms with Gasteiger partial charge in [-0.2, -0.15) is 0 Å². The summed E-state index contributed by atoms with van der Waals surface area (Å²) in [7, 11) is 2.04. The number of carboxylic acids is 1. The van der Waals surface area contributed by atoms with Crippen molar-refractivity contribution in [3.63, 3.8) is 0 Å². The van der Waals surface area contributed by atoms with Gasteiger partial charge in [-0.25, -0.2) is 0 Å². The number of hydrogen-bond donors (Lipinski definition) is 2. The van der Waals surface area contributed by atoms with E-state index in [1.165, 1.54) is 0 Å². The highest BCUT2D eigenvalue weighted by molar-refractivity contribution is 5.80. The van der Waals surface area contributed by atoms with Gasteiger partial charge in [-0.3, -0.25) is 15.0 Å². The molecule has 2 unspecified atom stereocenters. The Bertz CT molecular complexity index is 349. The molecule has 1 aliphatic heterocycles. The number of ether oxygens (including phenoxy) is 1. The lowest BCUT2D eigenvalue weighted by molar-refractivity contribution is -0.147. The third kappa shape index (κ3) is 2.78. The van der Waals surface area contributed by atoms with Crippen molar-refractivity contribution in [2.75, 3.05) is 26.8 Å². The van der Waals surface area contributed by atoms with E-state index >= 15 is 0 Å². The molecule has 0 aromatic carbocycles. The molecule has 1 heterocycles. The molecule has 5 heteroatoms. The van der Waals surface area contributed by atoms with Crippen LogP contribution in [0.1, 0.15) is 32.1 Å². The van der Waals surface area contributed by atoms with Crippen LogP contribution >= 0.6 is 0 Å². The first-order chi connectivity index (χ1) is 9.12. The van der Waals surface area contributed by atoms with Crippen molar-refractivity contribution in [3.8, 4) is 0 Å². The van der Waals surface area contributed by atoms with Gasteiger partial charge >= 0.3 is 5.97 Å². The molecule has 2 N–H and O–H groups in total. The van der Waals surface area contributed by atoms with Crippen LogP contribution in [0.4, 0.5) is 0 Å². The van der Waals surface area contributed by atoms with Crippen molar-refractivity contribution in [1.82, 2.24) is 10.2 Å². The average Bonchev–Trinajstić information content (AvgIpc) is 3.28. The first kappa shape index (κ1) is 13.3. The zero-order chi connectivity index (χ0) is 13.5. The summed E-state index contributed by atoms with van der Waals surface area (Å²) in [4.78, 5) is 14.1. The largest absolute Gasteiger partial charge is 0.480 e. The van der Waals surface area contributed by atoms with Gasteiger partial charge in [0.05, 0.1) is 6.61 Å². The lowest BCUT2D eigenvalue weighted by Crippen LogP contribution is -2.62. The normalized spacial score (nSPS) is 30.5. The molecule has 1 saturated heterocycles. The van der Waals surface area contributed by atoms with Crippen LogP contribution in [0, 0.1) is 5.92 Å². The maximum absolute atomic E-state index is 11.9. The second kappa shape index (κ2) is 5.04. The Morgan fingerprint density at radius 3 is 2.58 bits per heavy atom. The summed E-state index contributed by atoms with van der Waals surface area (Å²) in [6.07, 6.45) is 5.35. The summed E-state index contributed by atoms with van der Waals surface area (Å²) >= 11 is 0. The van der Waals surface area contributed by atoms with Crippen molar-refractivity contribution < 1.29 is 14.6 Å². The van der Waals surface area contributed by atoms with E-state index in [4.69, 9.17) is 4.74 Å². The molecule has 0 bridgehead atoms. The number of aliphatic carboxylic acids is 1. The number of rotatable bonds is 7. The topological polar surface area (TPSA) is 61.8 Å². The molecule has 2 saturated carbocycles. The first-order valence-electron chi connectivity index (χ1n) is 7.41. The molecular weight excluding hydrogens is 244 g/mol. The molecule has 19 heavy (non-hydrogen) atoms. The van der Waals surface area contributed by atoms with Crippen LogP contribution in [0.3, 0.4) is 0 Å². The molecular formula is C14H24N2O3. The summed E-state index contributed by atoms with van der Waals surface area (Å²) in [6.45, 7) is 2.13. The molecule has 0 radical (unpaired) electrons. The quantitative estimate of drug-likeness (QED) is 0.711. The van der Waals surface area contributed by atoms with Gasteiger partial charge in [0.15, 0.2) is 0 Å². The van der Waals surface area contributed by atoms with Crippen LogP contribution in [-0.2, 0) is 9.53 Å². The SMILES string of the molecule is CN(CC(NC1CC1)(C(=O)O)C1CC1)C1CCOC1. The summed E-state index contributed by atoms with van der Waals surface area (Å²) in [5.41, 5.74) is -0.738. The molecule has 0 aromatic heterocycles. The maximum atomic E-state index is 11.9. The fourth-order valence-electron chi connectivity index (χ4n) is 3.16. The molecule has 3 aliphatic rings. The van der Waals surface area contributed by atoms with E-state index in [2.05, 4.69) is 10.2 Å². The van der Waals surface area contributed by atoms with Gasteiger partial charge in [-0.05, 0) is 45.1 Å². The van der Waals surface area contributed by atoms with E-state index in [-0.39, 0.29) is 0 Å². The van der Waals surface area contributed by atoms with Gasteiger partial charge in [0.1, 0.15) is 5.54 Å². The van der Waals surface area contributed by atoms with Gasteiger partial charge in [0.25, 0.3) is 0 Å². The Morgan fingerprint density at radius 1 is 1.37 bits per heavy atom. The van der Waals surface area contributed by atoms with Crippen molar-refractivity contribution in [1.29, 1.82) is 0 Å². The minimum absolute atomic E-state index is 0.301. The molecule has 5 nitrogen and oxygen atoms in total. The van der Waals surface area contributed by atoms with Crippen molar-refractivity contribution in [2.45, 2.75) is 49.7 Å². The van der Waals surface area contributed by atoms with Gasteiger partial charge in [0, 0.05) is 25.2 Å². The van der Waals surface area contributed by atoms with Gasteiger partial charge in [-0.15, -0.1) is 0 Å². The number of nitrogens with one attached hydrogen (secondary N) is 1. The van der Waals surface area contributed by atoms with Crippen LogP contribution in [0.5, 0.6) is 0 Å². The van der Waals surface area contributed by atoms with Crippen molar-refractivity contribution >= 4 is 5.97 Å². The monoisotopic (exact) mass is 268 g/mol. The molecule has 108 valence electrons. The summed E-state index contributed by atoms with van der Waals surface area (Å²) in [5.74, 6) is -0.372. The third-order valence-electron chi connectivity index (χ3n) is 4.72. The minimum atomic E-state index is -0.738. The van der Waals surface area contributed by atoms with Crippen molar-refractivity contribution in [2.24, 2.45) is 5.92 Å². The van der Waals surface area contributed by atoms with Gasteiger partial charge in [-0.1, -0.05) is 0 Å². The average molecular weight is 268 g/mol. The Hall–Kier alpha value is -0.650. The van der Waals surface area contributed by atoms with Crippen LogP contribution in [0.25, 0.3) is 0 Å². The van der Waals surface area contributed by atoms with E-state index in [0.717, 1.165) is 45.3 Å². The first-order valence-corrected chi connectivity index (χ1v) is 7.41. The second-order valence-electron chi connectivity index (χ2n) is 6.40. The zero-order valence-corrected chi connectivity index (χ0v) is 11.6. The molecule has 3 rings (SSSR count). The summed E-state index contributed by atoms with van der Waals surface area (Å²) in [5, 5.41) is 13.2. The van der Waals surface area contributed by atoms with Crippen LogP contribution < -0.4 is 5.32 Å². The fraction of sp³-hybridized carbons (Fsp3) is 0.929. The fourth-order valence-corrected chi connectivity index (χ4v) is 3.16. The molecule has 2 atom stereocenters. The number of hydrogen-bond acceptors (Lipinski definition) is 4. The predicted molar refractivity (Wildman–Crippen MR) is 71.1 cm³/mol. The standard InChI is InChI=1S/C14H24N2O3/c1-16(12-6-7-19-8-12)9-14(13(17)18,10-2-3-10)15-11-4-5-11/h10-12,15H,2-9H2,1H3,(H,17,18). The van der Waals surface area contributed by atoms with Crippen molar-refractivity contribution in [3.05, 3.63) is 0 Å². The smallest absolute Gasteiger partial charge is 0.325 e. The molecule has 2 aliphatic carbocycles. The van der Waals surface area contributed by atoms with E-state index in [1.807, 2.05) is 7.05 Å². The minimum Gasteiger partial charge on any atom is -0.480 e. The highest BCUT2D eigenvalue weighted by atomic mass is 16.5. The molecule has 0 aromatic rings. The highest BCUT2D eigenvalue weighted by Gasteiger charge is 2.54. The summed E-state index contributed by atoms with van der Waals surface area (Å²) in [6, 6.07) is 0.795. The molecule has 3 fully saturated rings. The lowest BCUT2D eigenvalue weighted by atomic mass is 9.91. The lowest BCUT2D eigenvalue weighted by Gasteiger charge is -2.37. The van der Waals surface area contributed by atoms with E-state index < -0.39 is 11.5 Å². The zero-order valence-electron chi connectivity index (χ0n) is 11.6. The van der Waals surface area contributed by atoms with Gasteiger partial charge < -0.3 is 9.84 Å². The van der Waals surface area contributed by atoms with Crippen LogP contribution in [0.15, 0.2) is 0 Å². The molecule has 0 spiro atoms. The second-order valence-corrected chi connectivity index (χ2v) is 6.40. The Morgan fingerprint density at radius 2 is 2.11 bits per heavy atom. The number of carbonyl (C=O) groups is 1. The highest BCUT2D eigenvalue weighted by Crippen LogP contribution is 2.42. The van der Waals surface area contributed by atoms with E-state index in [0.29, 0.717) is 24.5 Å². The van der Waals surface area contributed by atoms with Crippen LogP contribution in [0.2, 0.25) is 0 Å². The Balaban J connectivity index is 1.71. The summed E-state index contributed by atoms with van der Waals surface area (Å²) < 4.78 is 5.41. The van der Waals surface area contributed by atoms with Gasteiger partial charge in [0.2, 0.25) is 0 Å². The maximum Gasteiger partial charge on any atom is 0.325 e.